The van der Waals surface area contributed by atoms with E-state index in [1.54, 1.807) is 30.1 Å². The number of likely N-dealkylation sites (N-methyl/N-ethyl adjacent to an activating group) is 1. The smallest absolute Gasteiger partial charge is 0.335 e. The Hall–Kier alpha value is -3.15. The topological polar surface area (TPSA) is 77.9 Å². The lowest BCUT2D eigenvalue weighted by Gasteiger charge is -2.24. The Balaban J connectivity index is 1.72. The molecule has 0 aliphatic carbocycles. The number of carbonyl (C=O) groups excluding carboxylic acids is 2. The fourth-order valence-electron chi connectivity index (χ4n) is 3.23. The first-order chi connectivity index (χ1) is 12.5. The van der Waals surface area contributed by atoms with Crippen LogP contribution in [-0.4, -0.2) is 47.4 Å². The second-order valence-corrected chi connectivity index (χ2v) is 6.27. The number of aromatic carboxylic acids is 1. The number of nitrogens with zero attached hydrogens (tertiary/aromatic N) is 2. The van der Waals surface area contributed by atoms with Gasteiger partial charge in [-0.05, 0) is 30.2 Å². The molecule has 1 aliphatic rings. The summed E-state index contributed by atoms with van der Waals surface area (Å²) in [4.78, 5) is 39.8. The number of carboxylic acids is 1. The third-order valence-corrected chi connectivity index (χ3v) is 4.70. The monoisotopic (exact) mass is 352 g/mol. The predicted molar refractivity (Wildman–Crippen MR) is 97.1 cm³/mol. The van der Waals surface area contributed by atoms with E-state index in [-0.39, 0.29) is 23.8 Å². The Labute approximate surface area is 151 Å². The summed E-state index contributed by atoms with van der Waals surface area (Å²) < 4.78 is 0. The van der Waals surface area contributed by atoms with Gasteiger partial charge in [0.15, 0.2) is 0 Å². The minimum Gasteiger partial charge on any atom is -0.478 e. The van der Waals surface area contributed by atoms with E-state index in [0.717, 1.165) is 5.69 Å². The molecule has 0 radical (unpaired) electrons. The van der Waals surface area contributed by atoms with Crippen molar-refractivity contribution in [2.75, 3.05) is 18.5 Å². The van der Waals surface area contributed by atoms with Crippen LogP contribution < -0.4 is 4.90 Å². The van der Waals surface area contributed by atoms with E-state index in [4.69, 9.17) is 0 Å². The van der Waals surface area contributed by atoms with Crippen molar-refractivity contribution in [2.45, 2.75) is 18.9 Å². The van der Waals surface area contributed by atoms with Crippen molar-refractivity contribution < 1.29 is 19.5 Å². The Morgan fingerprint density at radius 1 is 1.12 bits per heavy atom. The molecule has 3 rings (SSSR count). The van der Waals surface area contributed by atoms with Gasteiger partial charge in [-0.15, -0.1) is 0 Å². The first-order valence-electron chi connectivity index (χ1n) is 8.42. The maximum atomic E-state index is 12.7. The van der Waals surface area contributed by atoms with Gasteiger partial charge in [0, 0.05) is 19.3 Å². The Morgan fingerprint density at radius 2 is 1.77 bits per heavy atom. The van der Waals surface area contributed by atoms with Crippen LogP contribution in [0.5, 0.6) is 0 Å². The van der Waals surface area contributed by atoms with Crippen LogP contribution in [0.4, 0.5) is 5.69 Å². The van der Waals surface area contributed by atoms with Crippen LogP contribution in [0.15, 0.2) is 54.6 Å². The van der Waals surface area contributed by atoms with Gasteiger partial charge in [0.1, 0.15) is 6.04 Å². The first-order valence-corrected chi connectivity index (χ1v) is 8.42. The molecular formula is C20H20N2O4. The summed E-state index contributed by atoms with van der Waals surface area (Å²) >= 11 is 0. The quantitative estimate of drug-likeness (QED) is 0.895. The molecule has 1 heterocycles. The van der Waals surface area contributed by atoms with Crippen molar-refractivity contribution in [3.8, 4) is 0 Å². The molecule has 6 nitrogen and oxygen atoms in total. The number of amides is 2. The van der Waals surface area contributed by atoms with Gasteiger partial charge in [-0.2, -0.15) is 0 Å². The molecule has 1 saturated heterocycles. The van der Waals surface area contributed by atoms with Gasteiger partial charge in [0.2, 0.25) is 11.8 Å². The summed E-state index contributed by atoms with van der Waals surface area (Å²) in [5.41, 5.74) is 1.37. The van der Waals surface area contributed by atoms with E-state index >= 15 is 0 Å². The number of carbonyl (C=O) groups is 3. The van der Waals surface area contributed by atoms with Crippen molar-refractivity contribution in [3.05, 3.63) is 65.7 Å². The molecule has 2 aromatic rings. The van der Waals surface area contributed by atoms with Crippen molar-refractivity contribution in [2.24, 2.45) is 0 Å². The largest absolute Gasteiger partial charge is 0.478 e. The number of benzene rings is 2. The minimum absolute atomic E-state index is 0.0475. The zero-order valence-electron chi connectivity index (χ0n) is 14.5. The molecule has 2 amide bonds. The van der Waals surface area contributed by atoms with E-state index in [1.165, 1.54) is 11.0 Å². The fraction of sp³-hybridized carbons (Fsp3) is 0.250. The van der Waals surface area contributed by atoms with E-state index in [0.29, 0.717) is 18.5 Å². The van der Waals surface area contributed by atoms with Crippen LogP contribution in [0.2, 0.25) is 0 Å². The van der Waals surface area contributed by atoms with Gasteiger partial charge in [-0.1, -0.05) is 36.4 Å². The maximum Gasteiger partial charge on any atom is 0.335 e. The van der Waals surface area contributed by atoms with E-state index in [2.05, 4.69) is 0 Å². The van der Waals surface area contributed by atoms with E-state index in [1.807, 2.05) is 30.3 Å². The number of carboxylic acid groups (broad SMARTS) is 1. The number of hydrogen-bond acceptors (Lipinski definition) is 3. The summed E-state index contributed by atoms with van der Waals surface area (Å²) in [6.45, 7) is 0.552. The average molecular weight is 352 g/mol. The summed E-state index contributed by atoms with van der Waals surface area (Å²) in [6.07, 6.45) is 0.505. The van der Waals surface area contributed by atoms with Crippen LogP contribution in [-0.2, 0) is 16.0 Å². The molecule has 6 heteroatoms. The van der Waals surface area contributed by atoms with Crippen LogP contribution in [0.25, 0.3) is 0 Å². The van der Waals surface area contributed by atoms with Crippen LogP contribution in [0, 0.1) is 0 Å². The molecule has 26 heavy (non-hydrogen) atoms. The van der Waals surface area contributed by atoms with Gasteiger partial charge >= 0.3 is 5.97 Å². The summed E-state index contributed by atoms with van der Waals surface area (Å²) in [6, 6.07) is 15.3. The lowest BCUT2D eigenvalue weighted by atomic mass is 10.0. The highest BCUT2D eigenvalue weighted by molar-refractivity contribution is 6.01. The average Bonchev–Trinajstić information content (AvgIpc) is 3.03. The van der Waals surface area contributed by atoms with Gasteiger partial charge in [0.25, 0.3) is 0 Å². The summed E-state index contributed by atoms with van der Waals surface area (Å²) in [5.74, 6) is -1.45. The Kier molecular flexibility index (Phi) is 5.02. The van der Waals surface area contributed by atoms with E-state index in [9.17, 15) is 19.5 Å². The number of para-hydroxylation sites is 1. The molecule has 1 N–H and O–H groups in total. The SMILES string of the molecule is CN(C(=O)Cc1ccccc1C(=O)O)C1CCN(c2ccccc2)C1=O. The van der Waals surface area contributed by atoms with Crippen LogP contribution in [0.3, 0.4) is 0 Å². The molecule has 0 bridgehead atoms. The van der Waals surface area contributed by atoms with E-state index < -0.39 is 12.0 Å². The van der Waals surface area contributed by atoms with Crippen LogP contribution >= 0.6 is 0 Å². The summed E-state index contributed by atoms with van der Waals surface area (Å²) in [7, 11) is 1.60. The Bertz CT molecular complexity index is 835. The van der Waals surface area contributed by atoms with Crippen molar-refractivity contribution in [1.82, 2.24) is 4.90 Å². The third-order valence-electron chi connectivity index (χ3n) is 4.70. The lowest BCUT2D eigenvalue weighted by Crippen LogP contribution is -2.43. The van der Waals surface area contributed by atoms with Gasteiger partial charge in [-0.3, -0.25) is 9.59 Å². The van der Waals surface area contributed by atoms with Gasteiger partial charge < -0.3 is 14.9 Å². The molecule has 1 fully saturated rings. The number of anilines is 1. The molecule has 1 atom stereocenters. The molecule has 0 spiro atoms. The zero-order chi connectivity index (χ0) is 18.7. The van der Waals surface area contributed by atoms with Crippen molar-refractivity contribution >= 4 is 23.5 Å². The van der Waals surface area contributed by atoms with Crippen molar-refractivity contribution in [1.29, 1.82) is 0 Å². The fourth-order valence-corrected chi connectivity index (χ4v) is 3.23. The highest BCUT2D eigenvalue weighted by Gasteiger charge is 2.37. The second-order valence-electron chi connectivity index (χ2n) is 6.27. The Morgan fingerprint density at radius 3 is 2.46 bits per heavy atom. The van der Waals surface area contributed by atoms with Crippen LogP contribution in [0.1, 0.15) is 22.3 Å². The highest BCUT2D eigenvalue weighted by Crippen LogP contribution is 2.24. The molecule has 134 valence electrons. The molecule has 2 aromatic carbocycles. The number of rotatable bonds is 5. The normalized spacial score (nSPS) is 16.6. The zero-order valence-corrected chi connectivity index (χ0v) is 14.5. The molecule has 1 aliphatic heterocycles. The predicted octanol–water partition coefficient (Wildman–Crippen LogP) is 2.19. The molecule has 0 aromatic heterocycles. The maximum absolute atomic E-state index is 12.7. The lowest BCUT2D eigenvalue weighted by molar-refractivity contribution is -0.136. The summed E-state index contributed by atoms with van der Waals surface area (Å²) in [5, 5.41) is 9.25. The van der Waals surface area contributed by atoms with Gasteiger partial charge in [-0.25, -0.2) is 4.79 Å². The molecular weight excluding hydrogens is 332 g/mol. The second kappa shape index (κ2) is 7.39. The van der Waals surface area contributed by atoms with Gasteiger partial charge in [0.05, 0.1) is 12.0 Å². The first kappa shape index (κ1) is 17.7. The molecule has 0 saturated carbocycles. The molecule has 1 unspecified atom stereocenters. The minimum atomic E-state index is -1.07. The number of hydrogen-bond donors (Lipinski definition) is 1. The highest BCUT2D eigenvalue weighted by atomic mass is 16.4. The third kappa shape index (κ3) is 3.44. The van der Waals surface area contributed by atoms with Crippen molar-refractivity contribution in [3.63, 3.8) is 0 Å². The standard InChI is InChI=1S/C20H20N2O4/c1-21(18(23)13-14-7-5-6-10-16(14)20(25)26)17-11-12-22(19(17)24)15-8-3-2-4-9-15/h2-10,17H,11-13H2,1H3,(H,25,26).